The normalized spacial score (nSPS) is 24.0. The number of ketones is 1. The van der Waals surface area contributed by atoms with Gasteiger partial charge in [0, 0.05) is 30.9 Å². The van der Waals surface area contributed by atoms with Gasteiger partial charge in [0.1, 0.15) is 19.1 Å². The lowest BCUT2D eigenvalue weighted by Gasteiger charge is -2.51. The van der Waals surface area contributed by atoms with Crippen molar-refractivity contribution in [3.05, 3.63) is 108 Å². The van der Waals surface area contributed by atoms with Crippen LogP contribution in [0.5, 0.6) is 0 Å². The van der Waals surface area contributed by atoms with Crippen molar-refractivity contribution in [2.24, 2.45) is 5.92 Å². The second-order valence-corrected chi connectivity index (χ2v) is 9.94. The Morgan fingerprint density at radius 3 is 2.11 bits per heavy atom. The zero-order valence-corrected chi connectivity index (χ0v) is 20.0. The molecule has 0 saturated carbocycles. The largest absolute Gasteiger partial charge is 0.455 e. The summed E-state index contributed by atoms with van der Waals surface area (Å²) in [6, 6.07) is 28.8. The number of rotatable bonds is 9. The number of esters is 1. The van der Waals surface area contributed by atoms with E-state index in [-0.39, 0.29) is 17.9 Å². The maximum Gasteiger partial charge on any atom is 0.328 e. The van der Waals surface area contributed by atoms with E-state index in [1.54, 1.807) is 0 Å². The third-order valence-corrected chi connectivity index (χ3v) is 7.61. The summed E-state index contributed by atoms with van der Waals surface area (Å²) in [5.74, 6) is 0.303. The fourth-order valence-corrected chi connectivity index (χ4v) is 5.61. The molecule has 2 atom stereocenters. The third kappa shape index (κ3) is 5.53. The lowest BCUT2D eigenvalue weighted by atomic mass is 9.82. The van der Waals surface area contributed by atoms with Crippen molar-refractivity contribution in [1.29, 1.82) is 0 Å². The number of carbonyl (C=O) groups is 2. The van der Waals surface area contributed by atoms with Crippen LogP contribution >= 0.6 is 0 Å². The summed E-state index contributed by atoms with van der Waals surface area (Å²) in [5.41, 5.74) is 2.78. The minimum atomic E-state index is -0.536. The van der Waals surface area contributed by atoms with Gasteiger partial charge in [0.2, 0.25) is 5.78 Å². The number of hydrogen-bond acceptors (Lipinski definition) is 4. The Kier molecular flexibility index (Phi) is 7.07. The van der Waals surface area contributed by atoms with Crippen LogP contribution < -0.4 is 5.32 Å². The maximum absolute atomic E-state index is 13.5. The summed E-state index contributed by atoms with van der Waals surface area (Å²) in [6.45, 7) is 3.72. The molecule has 3 heterocycles. The second-order valence-electron chi connectivity index (χ2n) is 9.94. The highest BCUT2D eigenvalue weighted by Gasteiger charge is 2.49. The Labute approximate surface area is 207 Å². The highest BCUT2D eigenvalue weighted by molar-refractivity contribution is 5.97. The zero-order valence-electron chi connectivity index (χ0n) is 20.0. The van der Waals surface area contributed by atoms with Gasteiger partial charge in [0.05, 0.1) is 13.1 Å². The van der Waals surface area contributed by atoms with Crippen molar-refractivity contribution in [1.82, 2.24) is 5.32 Å². The van der Waals surface area contributed by atoms with E-state index in [0.717, 1.165) is 53.6 Å². The van der Waals surface area contributed by atoms with E-state index in [1.807, 2.05) is 91.0 Å². The molecule has 0 amide bonds. The number of carbonyl (C=O) groups excluding carboxylic acids is 2. The van der Waals surface area contributed by atoms with E-state index < -0.39 is 6.04 Å². The Bertz CT molecular complexity index is 1130. The molecule has 2 unspecified atom stereocenters. The molecule has 0 aliphatic carbocycles. The lowest BCUT2D eigenvalue weighted by Crippen LogP contribution is -2.65. The predicted molar refractivity (Wildman–Crippen MR) is 136 cm³/mol. The first-order chi connectivity index (χ1) is 17.1. The van der Waals surface area contributed by atoms with Crippen LogP contribution in [0.2, 0.25) is 0 Å². The number of piperidine rings is 3. The van der Waals surface area contributed by atoms with Gasteiger partial charge in [0.25, 0.3) is 0 Å². The third-order valence-electron chi connectivity index (χ3n) is 7.61. The lowest BCUT2D eigenvalue weighted by molar-refractivity contribution is -0.938. The molecular formula is C30H33N2O3+. The predicted octanol–water partition coefficient (Wildman–Crippen LogP) is 4.55. The summed E-state index contributed by atoms with van der Waals surface area (Å²) >= 11 is 0. The average molecular weight is 470 g/mol. The second kappa shape index (κ2) is 10.5. The number of benzene rings is 3. The van der Waals surface area contributed by atoms with Gasteiger partial charge in [-0.3, -0.25) is 10.1 Å². The van der Waals surface area contributed by atoms with E-state index in [2.05, 4.69) is 5.32 Å². The maximum atomic E-state index is 13.5. The highest BCUT2D eigenvalue weighted by Crippen LogP contribution is 2.36. The van der Waals surface area contributed by atoms with Crippen LogP contribution in [0.15, 0.2) is 91.0 Å². The molecule has 3 fully saturated rings. The first-order valence-corrected chi connectivity index (χ1v) is 12.6. The van der Waals surface area contributed by atoms with Crippen molar-refractivity contribution in [2.45, 2.75) is 31.5 Å². The molecule has 5 heteroatoms. The number of fused-ring (bicyclic) bond motifs is 3. The fourth-order valence-electron chi connectivity index (χ4n) is 5.61. The Morgan fingerprint density at radius 2 is 1.46 bits per heavy atom. The van der Waals surface area contributed by atoms with E-state index in [1.165, 1.54) is 0 Å². The first-order valence-electron chi connectivity index (χ1n) is 12.6. The van der Waals surface area contributed by atoms with E-state index in [9.17, 15) is 9.59 Å². The van der Waals surface area contributed by atoms with Gasteiger partial charge < -0.3 is 9.22 Å². The standard InChI is InChI=1S/C30H33N2O3/c33-27(24-12-6-2-7-13-24)21-32-18-16-25(17-19-32)28(22-32)35-30(34)29(26-14-8-3-9-15-26)31-20-23-10-4-1-5-11-23/h1-15,25,28-29,31H,16-22H2/q+1. The van der Waals surface area contributed by atoms with Crippen LogP contribution in [-0.4, -0.2) is 48.5 Å². The SMILES string of the molecule is O=C(C[N+]12CCC(CC1)C(OC(=O)C(NCc1ccccc1)c1ccccc1)C2)c1ccccc1. The molecule has 3 aliphatic heterocycles. The molecule has 5 nitrogen and oxygen atoms in total. The van der Waals surface area contributed by atoms with Gasteiger partial charge >= 0.3 is 5.97 Å². The first kappa shape index (κ1) is 23.5. The number of quaternary nitrogens is 1. The van der Waals surface area contributed by atoms with Crippen LogP contribution in [0, 0.1) is 5.92 Å². The van der Waals surface area contributed by atoms with Crippen molar-refractivity contribution < 1.29 is 18.8 Å². The van der Waals surface area contributed by atoms with Crippen LogP contribution in [-0.2, 0) is 16.1 Å². The summed E-state index contributed by atoms with van der Waals surface area (Å²) in [5, 5.41) is 3.42. The average Bonchev–Trinajstić information content (AvgIpc) is 2.91. The Morgan fingerprint density at radius 1 is 0.857 bits per heavy atom. The van der Waals surface area contributed by atoms with Crippen molar-refractivity contribution >= 4 is 11.8 Å². The Balaban J connectivity index is 1.28. The van der Waals surface area contributed by atoms with Crippen LogP contribution in [0.25, 0.3) is 0 Å². The monoisotopic (exact) mass is 469 g/mol. The molecule has 0 radical (unpaired) electrons. The van der Waals surface area contributed by atoms with Gasteiger partial charge in [-0.25, -0.2) is 4.79 Å². The number of hydrogen-bond donors (Lipinski definition) is 1. The van der Waals surface area contributed by atoms with Gasteiger partial charge in [-0.1, -0.05) is 91.0 Å². The number of nitrogens with one attached hydrogen (secondary N) is 1. The molecule has 35 heavy (non-hydrogen) atoms. The Hall–Kier alpha value is -3.28. The smallest absolute Gasteiger partial charge is 0.328 e. The van der Waals surface area contributed by atoms with E-state index in [4.69, 9.17) is 4.74 Å². The van der Waals surface area contributed by atoms with Crippen LogP contribution in [0.3, 0.4) is 0 Å². The molecule has 3 aromatic rings. The summed E-state index contributed by atoms with van der Waals surface area (Å²) in [4.78, 5) is 26.5. The summed E-state index contributed by atoms with van der Waals surface area (Å²) in [7, 11) is 0. The molecule has 3 saturated heterocycles. The topological polar surface area (TPSA) is 55.4 Å². The van der Waals surface area contributed by atoms with E-state index >= 15 is 0 Å². The molecule has 3 aromatic carbocycles. The number of ether oxygens (including phenoxy) is 1. The van der Waals surface area contributed by atoms with Gasteiger partial charge in [0.15, 0.2) is 6.10 Å². The van der Waals surface area contributed by atoms with Gasteiger partial charge in [-0.2, -0.15) is 0 Å². The minimum Gasteiger partial charge on any atom is -0.455 e. The van der Waals surface area contributed by atoms with Crippen LogP contribution in [0.1, 0.15) is 40.4 Å². The molecule has 0 aromatic heterocycles. The quantitative estimate of drug-likeness (QED) is 0.284. The van der Waals surface area contributed by atoms with Gasteiger partial charge in [-0.15, -0.1) is 0 Å². The van der Waals surface area contributed by atoms with E-state index in [0.29, 0.717) is 19.0 Å². The molecule has 0 spiro atoms. The molecule has 3 aliphatic rings. The molecule has 2 bridgehead atoms. The zero-order chi connectivity index (χ0) is 24.1. The van der Waals surface area contributed by atoms with Gasteiger partial charge in [-0.05, 0) is 11.1 Å². The van der Waals surface area contributed by atoms with Crippen LogP contribution in [0.4, 0.5) is 0 Å². The highest BCUT2D eigenvalue weighted by atomic mass is 16.5. The number of Topliss-reactive ketones (excluding diaryl/α,β-unsaturated/α-hetero) is 1. The fraction of sp³-hybridized carbons (Fsp3) is 0.333. The summed E-state index contributed by atoms with van der Waals surface area (Å²) in [6.07, 6.45) is 1.83. The minimum absolute atomic E-state index is 0.154. The number of nitrogens with zero attached hydrogens (tertiary/aromatic N) is 1. The van der Waals surface area contributed by atoms with Crippen molar-refractivity contribution in [3.63, 3.8) is 0 Å². The van der Waals surface area contributed by atoms with Crippen molar-refractivity contribution in [3.8, 4) is 0 Å². The summed E-state index contributed by atoms with van der Waals surface area (Å²) < 4.78 is 6.93. The molecule has 1 N–H and O–H groups in total. The molecule has 180 valence electrons. The molecular weight excluding hydrogens is 436 g/mol. The molecule has 6 rings (SSSR count). The van der Waals surface area contributed by atoms with Crippen molar-refractivity contribution in [2.75, 3.05) is 26.2 Å².